The lowest BCUT2D eigenvalue weighted by Crippen LogP contribution is -2.23. The van der Waals surface area contributed by atoms with Crippen molar-refractivity contribution in [2.24, 2.45) is 0 Å². The van der Waals surface area contributed by atoms with Crippen molar-refractivity contribution >= 4 is 22.5 Å². The predicted octanol–water partition coefficient (Wildman–Crippen LogP) is 7.41. The summed E-state index contributed by atoms with van der Waals surface area (Å²) in [5.74, 6) is 0.567. The normalized spacial score (nSPS) is 11.7. The number of amides is 1. The van der Waals surface area contributed by atoms with Gasteiger partial charge in [0.1, 0.15) is 17.3 Å². The van der Waals surface area contributed by atoms with Gasteiger partial charge in [0.2, 0.25) is 5.91 Å². The number of halogens is 1. The molecule has 0 aliphatic heterocycles. The molecule has 0 saturated carbocycles. The van der Waals surface area contributed by atoms with Gasteiger partial charge in [-0.25, -0.2) is 4.39 Å². The summed E-state index contributed by atoms with van der Waals surface area (Å²) < 4.78 is 25.1. The van der Waals surface area contributed by atoms with E-state index < -0.39 is 5.92 Å². The Morgan fingerprint density at radius 1 is 0.949 bits per heavy atom. The lowest BCUT2D eigenvalue weighted by atomic mass is 9.89. The van der Waals surface area contributed by atoms with Gasteiger partial charge in [0.05, 0.1) is 25.2 Å². The van der Waals surface area contributed by atoms with Crippen LogP contribution in [0.3, 0.4) is 0 Å². The summed E-state index contributed by atoms with van der Waals surface area (Å²) in [4.78, 5) is 18.0. The van der Waals surface area contributed by atoms with Crippen LogP contribution in [0.5, 0.6) is 11.5 Å². The van der Waals surface area contributed by atoms with E-state index in [2.05, 4.69) is 10.3 Å². The molecule has 1 atom stereocenters. The summed E-state index contributed by atoms with van der Waals surface area (Å²) in [6.07, 6.45) is 2.17. The first-order chi connectivity index (χ1) is 19.1. The SMILES string of the molecule is CCOc1ccc(NC(=O)[C@H](Cc2ccccc2OC)c2ccc(-c3ccnc4ccc(F)cc34)cc2)cc1. The Kier molecular flexibility index (Phi) is 7.83. The van der Waals surface area contributed by atoms with Gasteiger partial charge in [0, 0.05) is 17.3 Å². The fraction of sp³-hybridized carbons (Fsp3) is 0.152. The number of methoxy groups -OCH3 is 1. The highest BCUT2D eigenvalue weighted by atomic mass is 19.1. The molecule has 196 valence electrons. The molecule has 0 aliphatic carbocycles. The maximum absolute atomic E-state index is 14.0. The van der Waals surface area contributed by atoms with Crippen molar-refractivity contribution in [3.05, 3.63) is 120 Å². The Morgan fingerprint density at radius 2 is 1.72 bits per heavy atom. The number of rotatable bonds is 9. The van der Waals surface area contributed by atoms with Crippen LogP contribution in [0.2, 0.25) is 0 Å². The second kappa shape index (κ2) is 11.8. The summed E-state index contributed by atoms with van der Waals surface area (Å²) in [5, 5.41) is 3.80. The van der Waals surface area contributed by atoms with E-state index in [9.17, 15) is 9.18 Å². The second-order valence-electron chi connectivity index (χ2n) is 9.16. The van der Waals surface area contributed by atoms with E-state index in [1.807, 2.05) is 85.8 Å². The highest BCUT2D eigenvalue weighted by molar-refractivity contribution is 5.97. The Hall–Kier alpha value is -4.71. The Morgan fingerprint density at radius 3 is 2.46 bits per heavy atom. The van der Waals surface area contributed by atoms with Crippen LogP contribution < -0.4 is 14.8 Å². The standard InChI is InChI=1S/C33H29FN2O3/c1-3-39-27-15-13-26(14-16-27)36-33(37)29(20-24-6-4-5-7-32(24)38-2)23-10-8-22(9-11-23)28-18-19-35-31-17-12-25(34)21-30(28)31/h4-19,21,29H,3,20H2,1-2H3,(H,36,37)/t29-/m1/s1. The molecular weight excluding hydrogens is 491 g/mol. The average molecular weight is 521 g/mol. The number of anilines is 1. The minimum atomic E-state index is -0.478. The van der Waals surface area contributed by atoms with E-state index in [1.54, 1.807) is 19.4 Å². The zero-order valence-electron chi connectivity index (χ0n) is 21.9. The van der Waals surface area contributed by atoms with Gasteiger partial charge in [-0.1, -0.05) is 42.5 Å². The molecule has 1 aromatic heterocycles. The molecule has 39 heavy (non-hydrogen) atoms. The number of pyridine rings is 1. The zero-order valence-corrected chi connectivity index (χ0v) is 21.9. The molecule has 0 bridgehead atoms. The molecule has 5 aromatic rings. The average Bonchev–Trinajstić information content (AvgIpc) is 2.97. The highest BCUT2D eigenvalue weighted by Gasteiger charge is 2.23. The largest absolute Gasteiger partial charge is 0.496 e. The summed E-state index contributed by atoms with van der Waals surface area (Å²) in [7, 11) is 1.63. The number of hydrogen-bond acceptors (Lipinski definition) is 4. The number of carbonyl (C=O) groups excluding carboxylic acids is 1. The van der Waals surface area contributed by atoms with Crippen LogP contribution in [0.4, 0.5) is 10.1 Å². The third-order valence-corrected chi connectivity index (χ3v) is 6.69. The molecule has 0 spiro atoms. The van der Waals surface area contributed by atoms with Crippen molar-refractivity contribution in [3.63, 3.8) is 0 Å². The van der Waals surface area contributed by atoms with Crippen molar-refractivity contribution in [2.45, 2.75) is 19.3 Å². The van der Waals surface area contributed by atoms with E-state index in [-0.39, 0.29) is 11.7 Å². The lowest BCUT2D eigenvalue weighted by molar-refractivity contribution is -0.117. The Bertz CT molecular complexity index is 1580. The van der Waals surface area contributed by atoms with Crippen LogP contribution in [-0.4, -0.2) is 24.6 Å². The van der Waals surface area contributed by atoms with Crippen LogP contribution in [0, 0.1) is 5.82 Å². The molecule has 0 unspecified atom stereocenters. The first-order valence-corrected chi connectivity index (χ1v) is 12.9. The molecular formula is C33H29FN2O3. The quantitative estimate of drug-likeness (QED) is 0.220. The van der Waals surface area contributed by atoms with Crippen molar-refractivity contribution in [1.82, 2.24) is 4.98 Å². The lowest BCUT2D eigenvalue weighted by Gasteiger charge is -2.20. The smallest absolute Gasteiger partial charge is 0.232 e. The molecule has 1 heterocycles. The number of nitrogens with one attached hydrogen (secondary N) is 1. The van der Waals surface area contributed by atoms with Crippen molar-refractivity contribution in [3.8, 4) is 22.6 Å². The zero-order chi connectivity index (χ0) is 27.2. The van der Waals surface area contributed by atoms with E-state index in [4.69, 9.17) is 9.47 Å². The van der Waals surface area contributed by atoms with E-state index in [0.29, 0.717) is 18.7 Å². The monoisotopic (exact) mass is 520 g/mol. The van der Waals surface area contributed by atoms with E-state index in [1.165, 1.54) is 12.1 Å². The Balaban J connectivity index is 1.47. The van der Waals surface area contributed by atoms with Gasteiger partial charge in [-0.2, -0.15) is 0 Å². The van der Waals surface area contributed by atoms with Gasteiger partial charge in [0.15, 0.2) is 0 Å². The van der Waals surface area contributed by atoms with Crippen LogP contribution in [0.25, 0.3) is 22.0 Å². The molecule has 4 aromatic carbocycles. The fourth-order valence-electron chi connectivity index (χ4n) is 4.75. The molecule has 0 aliphatic rings. The van der Waals surface area contributed by atoms with Crippen molar-refractivity contribution < 1.29 is 18.7 Å². The molecule has 5 rings (SSSR count). The number of para-hydroxylation sites is 1. The number of carbonyl (C=O) groups is 1. The third kappa shape index (κ3) is 5.91. The van der Waals surface area contributed by atoms with Gasteiger partial charge in [-0.15, -0.1) is 0 Å². The van der Waals surface area contributed by atoms with Gasteiger partial charge in [-0.05, 0) is 90.2 Å². The molecule has 1 N–H and O–H groups in total. The number of nitrogens with zero attached hydrogens (tertiary/aromatic N) is 1. The van der Waals surface area contributed by atoms with Gasteiger partial charge < -0.3 is 14.8 Å². The topological polar surface area (TPSA) is 60.5 Å². The summed E-state index contributed by atoms with van der Waals surface area (Å²) >= 11 is 0. The third-order valence-electron chi connectivity index (χ3n) is 6.69. The van der Waals surface area contributed by atoms with Crippen LogP contribution in [0.15, 0.2) is 103 Å². The summed E-state index contributed by atoms with van der Waals surface area (Å²) in [5.41, 5.74) is 5.01. The molecule has 5 nitrogen and oxygen atoms in total. The molecule has 0 fully saturated rings. The van der Waals surface area contributed by atoms with Gasteiger partial charge >= 0.3 is 0 Å². The number of hydrogen-bond donors (Lipinski definition) is 1. The van der Waals surface area contributed by atoms with Crippen LogP contribution >= 0.6 is 0 Å². The second-order valence-corrected chi connectivity index (χ2v) is 9.16. The minimum absolute atomic E-state index is 0.130. The summed E-state index contributed by atoms with van der Waals surface area (Å²) in [6.45, 7) is 2.51. The van der Waals surface area contributed by atoms with Gasteiger partial charge in [-0.3, -0.25) is 9.78 Å². The molecule has 6 heteroatoms. The molecule has 0 saturated heterocycles. The first kappa shape index (κ1) is 25.9. The number of benzene rings is 4. The van der Waals surface area contributed by atoms with E-state index in [0.717, 1.165) is 44.7 Å². The highest BCUT2D eigenvalue weighted by Crippen LogP contribution is 2.32. The fourth-order valence-corrected chi connectivity index (χ4v) is 4.75. The Labute approximate surface area is 227 Å². The number of fused-ring (bicyclic) bond motifs is 1. The maximum atomic E-state index is 14.0. The van der Waals surface area contributed by atoms with Crippen molar-refractivity contribution in [1.29, 1.82) is 0 Å². The van der Waals surface area contributed by atoms with E-state index >= 15 is 0 Å². The van der Waals surface area contributed by atoms with Crippen LogP contribution in [0.1, 0.15) is 24.0 Å². The number of aromatic nitrogens is 1. The van der Waals surface area contributed by atoms with Crippen molar-refractivity contribution in [2.75, 3.05) is 19.0 Å². The minimum Gasteiger partial charge on any atom is -0.496 e. The predicted molar refractivity (Wildman–Crippen MR) is 153 cm³/mol. The first-order valence-electron chi connectivity index (χ1n) is 12.9. The molecule has 0 radical (unpaired) electrons. The molecule has 1 amide bonds. The summed E-state index contributed by atoms with van der Waals surface area (Å²) in [6, 6.07) is 29.4. The maximum Gasteiger partial charge on any atom is 0.232 e. The van der Waals surface area contributed by atoms with Gasteiger partial charge in [0.25, 0.3) is 0 Å². The van der Waals surface area contributed by atoms with Crippen LogP contribution in [-0.2, 0) is 11.2 Å². The number of ether oxygens (including phenoxy) is 2.